The average molecular weight is 262 g/mol. The molecule has 2 heteroatoms. The third-order valence-corrected chi connectivity index (χ3v) is 3.32. The minimum Gasteiger partial charge on any atom is -0.372 e. The Morgan fingerprint density at radius 2 is 1.95 bits per heavy atom. The molecule has 0 heterocycles. The zero-order valence-corrected chi connectivity index (χ0v) is 13.3. The number of hydrogen-bond donors (Lipinski definition) is 1. The van der Waals surface area contributed by atoms with E-state index in [4.69, 9.17) is 0 Å². The highest BCUT2D eigenvalue weighted by Gasteiger charge is 2.09. The number of hydrogen-bond acceptors (Lipinski definition) is 2. The van der Waals surface area contributed by atoms with E-state index in [-0.39, 0.29) is 0 Å². The molecule has 0 saturated carbocycles. The molecule has 108 valence electrons. The molecule has 0 aliphatic heterocycles. The van der Waals surface area contributed by atoms with Crippen LogP contribution in [0.15, 0.2) is 18.2 Å². The largest absolute Gasteiger partial charge is 0.372 e. The molecule has 0 amide bonds. The van der Waals surface area contributed by atoms with Crippen LogP contribution >= 0.6 is 0 Å². The Hall–Kier alpha value is -1.02. The van der Waals surface area contributed by atoms with Crippen molar-refractivity contribution in [3.8, 4) is 0 Å². The van der Waals surface area contributed by atoms with E-state index in [0.29, 0.717) is 5.92 Å². The van der Waals surface area contributed by atoms with Gasteiger partial charge in [-0.2, -0.15) is 0 Å². The van der Waals surface area contributed by atoms with Crippen molar-refractivity contribution < 1.29 is 0 Å². The maximum absolute atomic E-state index is 3.56. The smallest absolute Gasteiger partial charge is 0.0411 e. The van der Waals surface area contributed by atoms with Gasteiger partial charge in [0.2, 0.25) is 0 Å². The van der Waals surface area contributed by atoms with Gasteiger partial charge in [0.1, 0.15) is 0 Å². The van der Waals surface area contributed by atoms with Gasteiger partial charge in [-0.05, 0) is 44.4 Å². The molecule has 0 saturated heterocycles. The second-order valence-electron chi connectivity index (χ2n) is 5.74. The second kappa shape index (κ2) is 8.21. The van der Waals surface area contributed by atoms with Crippen molar-refractivity contribution in [3.05, 3.63) is 29.3 Å². The molecule has 1 rings (SSSR count). The zero-order valence-electron chi connectivity index (χ0n) is 13.3. The van der Waals surface area contributed by atoms with E-state index in [0.717, 1.165) is 26.2 Å². The van der Waals surface area contributed by atoms with Crippen LogP contribution in [0.5, 0.6) is 0 Å². The molecule has 0 unspecified atom stereocenters. The molecular formula is C17H30N2. The van der Waals surface area contributed by atoms with Crippen LogP contribution in [0.3, 0.4) is 0 Å². The average Bonchev–Trinajstić information content (AvgIpc) is 2.36. The highest BCUT2D eigenvalue weighted by atomic mass is 15.1. The van der Waals surface area contributed by atoms with Crippen molar-refractivity contribution >= 4 is 5.69 Å². The van der Waals surface area contributed by atoms with E-state index >= 15 is 0 Å². The molecule has 0 atom stereocenters. The molecule has 19 heavy (non-hydrogen) atoms. The summed E-state index contributed by atoms with van der Waals surface area (Å²) >= 11 is 0. The van der Waals surface area contributed by atoms with Crippen LogP contribution in [0.4, 0.5) is 5.69 Å². The van der Waals surface area contributed by atoms with Gasteiger partial charge in [0.25, 0.3) is 0 Å². The third-order valence-electron chi connectivity index (χ3n) is 3.32. The van der Waals surface area contributed by atoms with Gasteiger partial charge in [-0.3, -0.25) is 0 Å². The van der Waals surface area contributed by atoms with Gasteiger partial charge in [0.05, 0.1) is 0 Å². The predicted octanol–water partition coefficient (Wildman–Crippen LogP) is 3.98. The molecule has 1 aromatic carbocycles. The summed E-state index contributed by atoms with van der Waals surface area (Å²) < 4.78 is 0. The van der Waals surface area contributed by atoms with Crippen LogP contribution in [-0.4, -0.2) is 19.6 Å². The van der Waals surface area contributed by atoms with Gasteiger partial charge in [-0.25, -0.2) is 0 Å². The van der Waals surface area contributed by atoms with Gasteiger partial charge in [-0.15, -0.1) is 0 Å². The van der Waals surface area contributed by atoms with E-state index in [1.807, 2.05) is 0 Å². The molecule has 1 N–H and O–H groups in total. The summed E-state index contributed by atoms with van der Waals surface area (Å²) in [6, 6.07) is 6.82. The minimum absolute atomic E-state index is 0.700. The molecule has 2 nitrogen and oxygen atoms in total. The van der Waals surface area contributed by atoms with E-state index in [2.05, 4.69) is 63.0 Å². The second-order valence-corrected chi connectivity index (χ2v) is 5.74. The van der Waals surface area contributed by atoms with Crippen molar-refractivity contribution in [1.29, 1.82) is 0 Å². The number of nitrogens with one attached hydrogen (secondary N) is 1. The van der Waals surface area contributed by atoms with Gasteiger partial charge < -0.3 is 10.2 Å². The molecular weight excluding hydrogens is 232 g/mol. The van der Waals surface area contributed by atoms with Crippen molar-refractivity contribution in [2.45, 2.75) is 47.6 Å². The number of nitrogens with zero attached hydrogens (tertiary/aromatic N) is 1. The van der Waals surface area contributed by atoms with Crippen LogP contribution in [0.1, 0.15) is 45.2 Å². The SMILES string of the molecule is CCCN(CC)c1ccc(C)cc1CNCC(C)C. The Labute approximate surface area is 119 Å². The minimum atomic E-state index is 0.700. The standard InChI is InChI=1S/C17H30N2/c1-6-10-19(7-2)17-9-8-15(5)11-16(17)13-18-12-14(3)4/h8-9,11,14,18H,6-7,10,12-13H2,1-5H3. The first-order valence-electron chi connectivity index (χ1n) is 7.63. The van der Waals surface area contributed by atoms with Crippen molar-refractivity contribution in [2.24, 2.45) is 5.92 Å². The number of rotatable bonds is 8. The third kappa shape index (κ3) is 5.23. The molecule has 0 radical (unpaired) electrons. The van der Waals surface area contributed by atoms with Crippen LogP contribution in [0.25, 0.3) is 0 Å². The maximum atomic E-state index is 3.56. The van der Waals surface area contributed by atoms with Gasteiger partial charge in [0, 0.05) is 25.3 Å². The highest BCUT2D eigenvalue weighted by molar-refractivity contribution is 5.55. The van der Waals surface area contributed by atoms with Crippen LogP contribution in [0, 0.1) is 12.8 Å². The lowest BCUT2D eigenvalue weighted by Gasteiger charge is -2.26. The molecule has 0 fully saturated rings. The Morgan fingerprint density at radius 3 is 2.53 bits per heavy atom. The maximum Gasteiger partial charge on any atom is 0.0411 e. The van der Waals surface area contributed by atoms with Crippen LogP contribution < -0.4 is 10.2 Å². The quantitative estimate of drug-likeness (QED) is 0.762. The summed E-state index contributed by atoms with van der Waals surface area (Å²) in [7, 11) is 0. The predicted molar refractivity (Wildman–Crippen MR) is 85.9 cm³/mol. The summed E-state index contributed by atoms with van der Waals surface area (Å²) in [4.78, 5) is 2.48. The van der Waals surface area contributed by atoms with Crippen molar-refractivity contribution in [1.82, 2.24) is 5.32 Å². The summed E-state index contributed by atoms with van der Waals surface area (Å²) in [5, 5.41) is 3.56. The molecule has 0 aliphatic carbocycles. The van der Waals surface area contributed by atoms with Gasteiger partial charge >= 0.3 is 0 Å². The molecule has 0 bridgehead atoms. The van der Waals surface area contributed by atoms with Crippen LogP contribution in [0.2, 0.25) is 0 Å². The van der Waals surface area contributed by atoms with E-state index in [9.17, 15) is 0 Å². The molecule has 0 spiro atoms. The summed E-state index contributed by atoms with van der Waals surface area (Å²) in [5.74, 6) is 0.700. The monoisotopic (exact) mass is 262 g/mol. The van der Waals surface area contributed by atoms with Gasteiger partial charge in [-0.1, -0.05) is 38.5 Å². The number of aryl methyl sites for hydroxylation is 1. The van der Waals surface area contributed by atoms with Crippen molar-refractivity contribution in [3.63, 3.8) is 0 Å². The Morgan fingerprint density at radius 1 is 1.21 bits per heavy atom. The fraction of sp³-hybridized carbons (Fsp3) is 0.647. The first-order valence-corrected chi connectivity index (χ1v) is 7.63. The summed E-state index contributed by atoms with van der Waals surface area (Å²) in [6.45, 7) is 15.4. The van der Waals surface area contributed by atoms with E-state index in [1.165, 1.54) is 23.2 Å². The van der Waals surface area contributed by atoms with Crippen LogP contribution in [-0.2, 0) is 6.54 Å². The Balaban J connectivity index is 2.83. The van der Waals surface area contributed by atoms with E-state index < -0.39 is 0 Å². The summed E-state index contributed by atoms with van der Waals surface area (Å²) in [5.41, 5.74) is 4.17. The number of anilines is 1. The highest BCUT2D eigenvalue weighted by Crippen LogP contribution is 2.22. The Kier molecular flexibility index (Phi) is 6.93. The lowest BCUT2D eigenvalue weighted by molar-refractivity contribution is 0.552. The zero-order chi connectivity index (χ0) is 14.3. The van der Waals surface area contributed by atoms with E-state index in [1.54, 1.807) is 0 Å². The first kappa shape index (κ1) is 16.0. The molecule has 0 aromatic heterocycles. The lowest BCUT2D eigenvalue weighted by Crippen LogP contribution is -2.26. The topological polar surface area (TPSA) is 15.3 Å². The fourth-order valence-corrected chi connectivity index (χ4v) is 2.38. The molecule has 1 aromatic rings. The summed E-state index contributed by atoms with van der Waals surface area (Å²) in [6.07, 6.45) is 1.20. The first-order chi connectivity index (χ1) is 9.08. The normalized spacial score (nSPS) is 11.1. The van der Waals surface area contributed by atoms with Gasteiger partial charge in [0.15, 0.2) is 0 Å². The van der Waals surface area contributed by atoms with Crippen molar-refractivity contribution in [2.75, 3.05) is 24.5 Å². The molecule has 0 aliphatic rings. The Bertz CT molecular complexity index is 372. The number of benzene rings is 1. The fourth-order valence-electron chi connectivity index (χ4n) is 2.38. The lowest BCUT2D eigenvalue weighted by atomic mass is 10.1.